The quantitative estimate of drug-likeness (QED) is 0.518. The Bertz CT molecular complexity index is 646. The second-order valence-corrected chi connectivity index (χ2v) is 3.52. The maximum atomic E-state index is 13.3. The van der Waals surface area contributed by atoms with E-state index in [-0.39, 0.29) is 0 Å². The molecule has 0 atom stereocenters. The molecule has 1 aromatic heterocycles. The number of amides is 1. The molecule has 2 rings (SSSR count). The van der Waals surface area contributed by atoms with Crippen molar-refractivity contribution >= 4 is 11.6 Å². The molecule has 0 fully saturated rings. The van der Waals surface area contributed by atoms with Crippen molar-refractivity contribution in [3.05, 3.63) is 59.4 Å². The molecule has 7 heteroatoms. The molecule has 1 heterocycles. The van der Waals surface area contributed by atoms with Gasteiger partial charge in [-0.25, -0.2) is 18.2 Å². The molecule has 0 aliphatic carbocycles. The van der Waals surface area contributed by atoms with Crippen molar-refractivity contribution in [1.29, 1.82) is 0 Å². The summed E-state index contributed by atoms with van der Waals surface area (Å²) in [6.07, 6.45) is 1.13. The zero-order valence-corrected chi connectivity index (χ0v) is 9.25. The normalized spacial score (nSPS) is 10.3. The van der Waals surface area contributed by atoms with Gasteiger partial charge in [-0.15, -0.1) is 0 Å². The summed E-state index contributed by atoms with van der Waals surface area (Å²) in [4.78, 5) is 14.8. The van der Waals surface area contributed by atoms with E-state index in [9.17, 15) is 22.4 Å². The van der Waals surface area contributed by atoms with Crippen molar-refractivity contribution < 1.29 is 22.4 Å². The predicted molar refractivity (Wildman–Crippen MR) is 58.5 cm³/mol. The lowest BCUT2D eigenvalue weighted by Crippen LogP contribution is -2.16. The molecule has 1 N–H and O–H groups in total. The SMILES string of the molecule is O=C(Nc1ccc(F)c(F)c1F)c1cccnc1F. The Morgan fingerprint density at radius 2 is 1.79 bits per heavy atom. The highest BCUT2D eigenvalue weighted by molar-refractivity contribution is 6.04. The summed E-state index contributed by atoms with van der Waals surface area (Å²) < 4.78 is 52.1. The number of aromatic nitrogens is 1. The average molecular weight is 270 g/mol. The second kappa shape index (κ2) is 5.05. The Balaban J connectivity index is 2.30. The standard InChI is InChI=1S/C12H6F4N2O/c13-7-3-4-8(10(15)9(7)14)18-12(19)6-2-1-5-17-11(6)16/h1-5H,(H,18,19). The molecule has 0 bridgehead atoms. The third-order valence-electron chi connectivity index (χ3n) is 2.29. The van der Waals surface area contributed by atoms with Gasteiger partial charge in [-0.2, -0.15) is 4.39 Å². The highest BCUT2D eigenvalue weighted by atomic mass is 19.2. The minimum Gasteiger partial charge on any atom is -0.319 e. The van der Waals surface area contributed by atoms with Gasteiger partial charge in [-0.3, -0.25) is 4.79 Å². The molecule has 0 unspecified atom stereocenters. The summed E-state index contributed by atoms with van der Waals surface area (Å²) in [7, 11) is 0. The Kier molecular flexibility index (Phi) is 3.46. The minimum atomic E-state index is -1.72. The van der Waals surface area contributed by atoms with E-state index in [0.29, 0.717) is 6.07 Å². The zero-order valence-electron chi connectivity index (χ0n) is 9.25. The summed E-state index contributed by atoms with van der Waals surface area (Å²) in [6, 6.07) is 3.91. The lowest BCUT2D eigenvalue weighted by molar-refractivity contribution is 0.102. The first kappa shape index (κ1) is 13.0. The van der Waals surface area contributed by atoms with E-state index < -0.39 is 40.6 Å². The fraction of sp³-hybridized carbons (Fsp3) is 0. The van der Waals surface area contributed by atoms with Crippen molar-refractivity contribution in [2.75, 3.05) is 5.32 Å². The first-order valence-corrected chi connectivity index (χ1v) is 5.06. The van der Waals surface area contributed by atoms with Gasteiger partial charge in [0.15, 0.2) is 17.5 Å². The number of pyridine rings is 1. The molecular weight excluding hydrogens is 264 g/mol. The molecule has 0 saturated carbocycles. The highest BCUT2D eigenvalue weighted by Gasteiger charge is 2.17. The number of anilines is 1. The van der Waals surface area contributed by atoms with Gasteiger partial charge in [-0.05, 0) is 24.3 Å². The van der Waals surface area contributed by atoms with Crippen LogP contribution in [0, 0.1) is 23.4 Å². The zero-order chi connectivity index (χ0) is 14.0. The molecule has 0 saturated heterocycles. The van der Waals surface area contributed by atoms with Crippen LogP contribution in [0.4, 0.5) is 23.2 Å². The van der Waals surface area contributed by atoms with Gasteiger partial charge in [0.05, 0.1) is 11.3 Å². The van der Waals surface area contributed by atoms with Gasteiger partial charge in [0.1, 0.15) is 0 Å². The lowest BCUT2D eigenvalue weighted by Gasteiger charge is -2.07. The van der Waals surface area contributed by atoms with E-state index in [0.717, 1.165) is 18.3 Å². The highest BCUT2D eigenvalue weighted by Crippen LogP contribution is 2.20. The number of carbonyl (C=O) groups excluding carboxylic acids is 1. The first-order chi connectivity index (χ1) is 9.00. The molecule has 0 aliphatic rings. The Labute approximate surface area is 104 Å². The van der Waals surface area contributed by atoms with E-state index in [4.69, 9.17) is 0 Å². The van der Waals surface area contributed by atoms with E-state index in [2.05, 4.69) is 4.98 Å². The van der Waals surface area contributed by atoms with Gasteiger partial charge in [0.2, 0.25) is 5.95 Å². The molecule has 0 aliphatic heterocycles. The number of benzene rings is 1. The van der Waals surface area contributed by atoms with Crippen LogP contribution in [0.5, 0.6) is 0 Å². The summed E-state index contributed by atoms with van der Waals surface area (Å²) in [5, 5.41) is 1.93. The van der Waals surface area contributed by atoms with Gasteiger partial charge >= 0.3 is 0 Å². The van der Waals surface area contributed by atoms with E-state index in [1.165, 1.54) is 6.07 Å². The summed E-state index contributed by atoms with van der Waals surface area (Å²) in [5.74, 6) is -6.73. The molecule has 0 spiro atoms. The monoisotopic (exact) mass is 270 g/mol. The molecule has 0 radical (unpaired) electrons. The van der Waals surface area contributed by atoms with E-state index in [1.807, 2.05) is 5.32 Å². The van der Waals surface area contributed by atoms with E-state index in [1.54, 1.807) is 0 Å². The smallest absolute Gasteiger partial charge is 0.260 e. The molecule has 3 nitrogen and oxygen atoms in total. The van der Waals surface area contributed by atoms with Crippen molar-refractivity contribution in [1.82, 2.24) is 4.98 Å². The Morgan fingerprint density at radius 3 is 2.47 bits per heavy atom. The van der Waals surface area contributed by atoms with E-state index >= 15 is 0 Å². The minimum absolute atomic E-state index is 0.438. The van der Waals surface area contributed by atoms with Crippen LogP contribution in [0.1, 0.15) is 10.4 Å². The first-order valence-electron chi connectivity index (χ1n) is 5.06. The number of nitrogens with zero attached hydrogens (tertiary/aromatic N) is 1. The third-order valence-corrected chi connectivity index (χ3v) is 2.29. The van der Waals surface area contributed by atoms with Crippen LogP contribution < -0.4 is 5.32 Å². The lowest BCUT2D eigenvalue weighted by atomic mass is 10.2. The largest absolute Gasteiger partial charge is 0.319 e. The molecular formula is C12H6F4N2O. The Hall–Kier alpha value is -2.44. The predicted octanol–water partition coefficient (Wildman–Crippen LogP) is 2.89. The average Bonchev–Trinajstić information content (AvgIpc) is 2.40. The molecule has 98 valence electrons. The fourth-order valence-electron chi connectivity index (χ4n) is 1.37. The summed E-state index contributed by atoms with van der Waals surface area (Å²) >= 11 is 0. The number of rotatable bonds is 2. The van der Waals surface area contributed by atoms with Crippen molar-refractivity contribution in [2.24, 2.45) is 0 Å². The van der Waals surface area contributed by atoms with Gasteiger partial charge in [0.25, 0.3) is 5.91 Å². The molecule has 19 heavy (non-hydrogen) atoms. The van der Waals surface area contributed by atoms with Crippen molar-refractivity contribution in [3.63, 3.8) is 0 Å². The van der Waals surface area contributed by atoms with Crippen LogP contribution in [0.3, 0.4) is 0 Å². The van der Waals surface area contributed by atoms with Crippen LogP contribution in [-0.2, 0) is 0 Å². The Morgan fingerprint density at radius 1 is 1.05 bits per heavy atom. The second-order valence-electron chi connectivity index (χ2n) is 3.52. The molecule has 2 aromatic rings. The molecule has 1 aromatic carbocycles. The van der Waals surface area contributed by atoms with Crippen LogP contribution >= 0.6 is 0 Å². The third kappa shape index (κ3) is 2.54. The number of carbonyl (C=O) groups is 1. The maximum Gasteiger partial charge on any atom is 0.260 e. The number of hydrogen-bond acceptors (Lipinski definition) is 2. The van der Waals surface area contributed by atoms with Gasteiger partial charge in [-0.1, -0.05) is 0 Å². The summed E-state index contributed by atoms with van der Waals surface area (Å²) in [6.45, 7) is 0. The van der Waals surface area contributed by atoms with Crippen molar-refractivity contribution in [2.45, 2.75) is 0 Å². The van der Waals surface area contributed by atoms with Gasteiger partial charge in [0, 0.05) is 6.20 Å². The number of hydrogen-bond donors (Lipinski definition) is 1. The van der Waals surface area contributed by atoms with Crippen LogP contribution in [-0.4, -0.2) is 10.9 Å². The topological polar surface area (TPSA) is 42.0 Å². The number of halogens is 4. The fourth-order valence-corrected chi connectivity index (χ4v) is 1.37. The van der Waals surface area contributed by atoms with Crippen LogP contribution in [0.2, 0.25) is 0 Å². The van der Waals surface area contributed by atoms with Crippen LogP contribution in [0.25, 0.3) is 0 Å². The van der Waals surface area contributed by atoms with Crippen LogP contribution in [0.15, 0.2) is 30.5 Å². The summed E-state index contributed by atoms with van der Waals surface area (Å²) in [5.41, 5.74) is -1.03. The number of nitrogens with one attached hydrogen (secondary N) is 1. The molecule has 1 amide bonds. The van der Waals surface area contributed by atoms with Crippen molar-refractivity contribution in [3.8, 4) is 0 Å². The maximum absolute atomic E-state index is 13.3. The van der Waals surface area contributed by atoms with Gasteiger partial charge < -0.3 is 5.32 Å².